The molecule has 0 aromatic carbocycles. The minimum absolute atomic E-state index is 0.154. The molecule has 0 fully saturated rings. The van der Waals surface area contributed by atoms with Crippen LogP contribution >= 0.6 is 0 Å². The molecular weight excluding hydrogens is 142 g/mol. The normalized spacial score (nSPS) is 12.3. The number of nitrogens with two attached hydrogens (primary N) is 2. The van der Waals surface area contributed by atoms with Crippen molar-refractivity contribution in [2.24, 2.45) is 22.5 Å². The molecule has 66 valence electrons. The fourth-order valence-corrected chi connectivity index (χ4v) is 0.678. The topological polar surface area (TPSA) is 73.6 Å². The van der Waals surface area contributed by atoms with Crippen LogP contribution in [0.2, 0.25) is 0 Å². The maximum absolute atomic E-state index is 5.44. The Morgan fingerprint density at radius 3 is 2.36 bits per heavy atom. The van der Waals surface area contributed by atoms with Gasteiger partial charge >= 0.3 is 0 Å². The highest BCUT2D eigenvalue weighted by atomic mass is 16.6. The summed E-state index contributed by atoms with van der Waals surface area (Å²) in [5, 5.41) is 3.84. The summed E-state index contributed by atoms with van der Waals surface area (Å²) in [5.41, 5.74) is 11.8. The molecule has 0 radical (unpaired) electrons. The van der Waals surface area contributed by atoms with Crippen LogP contribution in [0, 0.1) is 5.92 Å². The fraction of sp³-hybridized carbons (Fsp3) is 0.857. The van der Waals surface area contributed by atoms with Crippen LogP contribution in [0.5, 0.6) is 0 Å². The monoisotopic (exact) mass is 159 g/mol. The summed E-state index contributed by atoms with van der Waals surface area (Å²) in [6.45, 7) is 5.40. The second-order valence-electron chi connectivity index (χ2n) is 2.32. The third-order valence-corrected chi connectivity index (χ3v) is 1.50. The van der Waals surface area contributed by atoms with Gasteiger partial charge in [-0.05, 0) is 13.8 Å². The van der Waals surface area contributed by atoms with E-state index in [2.05, 4.69) is 5.16 Å². The van der Waals surface area contributed by atoms with E-state index in [-0.39, 0.29) is 5.92 Å². The van der Waals surface area contributed by atoms with Crippen molar-refractivity contribution in [2.75, 3.05) is 19.7 Å². The molecule has 0 bridgehead atoms. The van der Waals surface area contributed by atoms with Gasteiger partial charge in [0.05, 0.1) is 5.71 Å². The molecule has 0 atom stereocenters. The zero-order valence-electron chi connectivity index (χ0n) is 7.21. The second kappa shape index (κ2) is 6.12. The lowest BCUT2D eigenvalue weighted by Gasteiger charge is -2.10. The predicted molar refractivity (Wildman–Crippen MR) is 46.3 cm³/mol. The van der Waals surface area contributed by atoms with E-state index < -0.39 is 0 Å². The average Bonchev–Trinajstić information content (AvgIpc) is 2.03. The van der Waals surface area contributed by atoms with E-state index in [1.165, 1.54) is 0 Å². The Balaban J connectivity index is 3.85. The molecule has 0 saturated heterocycles. The van der Waals surface area contributed by atoms with Gasteiger partial charge in [0, 0.05) is 19.0 Å². The highest BCUT2D eigenvalue weighted by Gasteiger charge is 2.07. The number of nitrogens with zero attached hydrogens (tertiary/aromatic N) is 1. The first-order valence-corrected chi connectivity index (χ1v) is 3.82. The van der Waals surface area contributed by atoms with Crippen molar-refractivity contribution in [2.45, 2.75) is 13.8 Å². The molecule has 0 heterocycles. The third-order valence-electron chi connectivity index (χ3n) is 1.50. The summed E-state index contributed by atoms with van der Waals surface area (Å²) in [6, 6.07) is 0. The minimum atomic E-state index is 0.154. The van der Waals surface area contributed by atoms with Crippen molar-refractivity contribution in [3.8, 4) is 0 Å². The number of oxime groups is 1. The average molecular weight is 159 g/mol. The molecular formula is C7H17N3O. The standard InChI is InChI=1S/C7H17N3O/c1-3-11-10-6(2)7(4-8)5-9/h7H,3-5,8-9H2,1-2H3/b10-6+. The summed E-state index contributed by atoms with van der Waals surface area (Å²) in [7, 11) is 0. The fourth-order valence-electron chi connectivity index (χ4n) is 0.678. The quantitative estimate of drug-likeness (QED) is 0.435. The van der Waals surface area contributed by atoms with Gasteiger partial charge in [0.1, 0.15) is 6.61 Å². The van der Waals surface area contributed by atoms with Gasteiger partial charge < -0.3 is 16.3 Å². The van der Waals surface area contributed by atoms with E-state index in [9.17, 15) is 0 Å². The van der Waals surface area contributed by atoms with Crippen LogP contribution in [0.15, 0.2) is 5.16 Å². The zero-order valence-corrected chi connectivity index (χ0v) is 7.21. The van der Waals surface area contributed by atoms with Gasteiger partial charge in [-0.15, -0.1) is 0 Å². The highest BCUT2D eigenvalue weighted by Crippen LogP contribution is 1.95. The van der Waals surface area contributed by atoms with E-state index in [1.807, 2.05) is 13.8 Å². The van der Waals surface area contributed by atoms with Crippen molar-refractivity contribution < 1.29 is 4.84 Å². The molecule has 0 unspecified atom stereocenters. The molecule has 0 aliphatic heterocycles. The Hall–Kier alpha value is -0.610. The van der Waals surface area contributed by atoms with Gasteiger partial charge in [-0.2, -0.15) is 0 Å². The lowest BCUT2D eigenvalue weighted by Crippen LogP contribution is -2.29. The van der Waals surface area contributed by atoms with E-state index in [4.69, 9.17) is 16.3 Å². The maximum atomic E-state index is 5.44. The van der Waals surface area contributed by atoms with E-state index in [1.54, 1.807) is 0 Å². The molecule has 0 saturated carbocycles. The maximum Gasteiger partial charge on any atom is 0.114 e. The van der Waals surface area contributed by atoms with Crippen LogP contribution in [0.25, 0.3) is 0 Å². The second-order valence-corrected chi connectivity index (χ2v) is 2.32. The van der Waals surface area contributed by atoms with Crippen molar-refractivity contribution in [1.29, 1.82) is 0 Å². The Labute approximate surface area is 67.6 Å². The van der Waals surface area contributed by atoms with E-state index in [0.717, 1.165) is 5.71 Å². The molecule has 0 aliphatic carbocycles. The molecule has 4 heteroatoms. The molecule has 4 N–H and O–H groups in total. The predicted octanol–water partition coefficient (Wildman–Crippen LogP) is -0.0676. The molecule has 0 aromatic rings. The minimum Gasteiger partial charge on any atom is -0.396 e. The van der Waals surface area contributed by atoms with Gasteiger partial charge in [-0.3, -0.25) is 0 Å². The first-order chi connectivity index (χ1) is 5.26. The molecule has 11 heavy (non-hydrogen) atoms. The number of hydrogen-bond donors (Lipinski definition) is 2. The Morgan fingerprint density at radius 2 is 2.00 bits per heavy atom. The van der Waals surface area contributed by atoms with Gasteiger partial charge in [0.2, 0.25) is 0 Å². The molecule has 0 aromatic heterocycles. The molecule has 0 rings (SSSR count). The van der Waals surface area contributed by atoms with Gasteiger partial charge in [-0.25, -0.2) is 0 Å². The summed E-state index contributed by atoms with van der Waals surface area (Å²) >= 11 is 0. The number of rotatable bonds is 5. The van der Waals surface area contributed by atoms with Crippen LogP contribution in [-0.2, 0) is 4.84 Å². The summed E-state index contributed by atoms with van der Waals surface area (Å²) < 4.78 is 0. The summed E-state index contributed by atoms with van der Waals surface area (Å²) in [5.74, 6) is 0.154. The van der Waals surface area contributed by atoms with Crippen molar-refractivity contribution in [3.63, 3.8) is 0 Å². The molecule has 4 nitrogen and oxygen atoms in total. The van der Waals surface area contributed by atoms with Crippen molar-refractivity contribution >= 4 is 5.71 Å². The van der Waals surface area contributed by atoms with Crippen LogP contribution < -0.4 is 11.5 Å². The lowest BCUT2D eigenvalue weighted by molar-refractivity contribution is 0.157. The van der Waals surface area contributed by atoms with Crippen LogP contribution in [0.4, 0.5) is 0 Å². The summed E-state index contributed by atoms with van der Waals surface area (Å²) in [4.78, 5) is 4.86. The Kier molecular flexibility index (Phi) is 5.78. The third kappa shape index (κ3) is 3.95. The zero-order chi connectivity index (χ0) is 8.69. The first kappa shape index (κ1) is 10.4. The van der Waals surface area contributed by atoms with Gasteiger partial charge in [0.15, 0.2) is 0 Å². The number of hydrogen-bond acceptors (Lipinski definition) is 4. The van der Waals surface area contributed by atoms with Crippen LogP contribution in [0.3, 0.4) is 0 Å². The van der Waals surface area contributed by atoms with Crippen LogP contribution in [0.1, 0.15) is 13.8 Å². The molecule has 0 spiro atoms. The van der Waals surface area contributed by atoms with E-state index >= 15 is 0 Å². The Bertz CT molecular complexity index is 121. The summed E-state index contributed by atoms with van der Waals surface area (Å²) in [6.07, 6.45) is 0. The van der Waals surface area contributed by atoms with Gasteiger partial charge in [-0.1, -0.05) is 5.16 Å². The van der Waals surface area contributed by atoms with Crippen LogP contribution in [-0.4, -0.2) is 25.4 Å². The molecule has 0 amide bonds. The lowest BCUT2D eigenvalue weighted by atomic mass is 10.1. The van der Waals surface area contributed by atoms with Gasteiger partial charge in [0.25, 0.3) is 0 Å². The highest BCUT2D eigenvalue weighted by molar-refractivity contribution is 5.84. The smallest absolute Gasteiger partial charge is 0.114 e. The van der Waals surface area contributed by atoms with Crippen molar-refractivity contribution in [1.82, 2.24) is 0 Å². The Morgan fingerprint density at radius 1 is 1.45 bits per heavy atom. The van der Waals surface area contributed by atoms with Crippen molar-refractivity contribution in [3.05, 3.63) is 0 Å². The SMILES string of the molecule is CCO/N=C(\C)C(CN)CN. The largest absolute Gasteiger partial charge is 0.396 e. The molecule has 0 aliphatic rings. The van der Waals surface area contributed by atoms with E-state index in [0.29, 0.717) is 19.7 Å². The first-order valence-electron chi connectivity index (χ1n) is 3.82.